The molecule has 1 aliphatic carbocycles. The summed E-state index contributed by atoms with van der Waals surface area (Å²) in [5, 5.41) is 26.6. The summed E-state index contributed by atoms with van der Waals surface area (Å²) < 4.78 is 15.6. The number of halogens is 1. The van der Waals surface area contributed by atoms with Crippen LogP contribution < -0.4 is 5.32 Å². The molecule has 0 bridgehead atoms. The van der Waals surface area contributed by atoms with Gasteiger partial charge in [-0.25, -0.2) is 4.39 Å². The Kier molecular flexibility index (Phi) is 5.74. The standard InChI is InChI=1S/C24H22FN3O3/c1-15-4-6-16(7-5-15)23(20-13-17(25)8-11-22(20)30)26-24(31)21-14-19(3-2-12-29)28(27-21)18-9-10-18/h4-8,11,13-14,18,23,29-30H,9-10,12H2,1H3,(H,26,31). The lowest BCUT2D eigenvalue weighted by Crippen LogP contribution is -2.30. The molecule has 1 saturated carbocycles. The maximum absolute atomic E-state index is 13.9. The molecule has 1 aliphatic rings. The van der Waals surface area contributed by atoms with E-state index in [0.29, 0.717) is 11.3 Å². The smallest absolute Gasteiger partial charge is 0.272 e. The van der Waals surface area contributed by atoms with Gasteiger partial charge in [0.05, 0.1) is 12.1 Å². The average molecular weight is 419 g/mol. The maximum atomic E-state index is 13.9. The van der Waals surface area contributed by atoms with Crippen LogP contribution in [0.15, 0.2) is 48.5 Å². The van der Waals surface area contributed by atoms with Gasteiger partial charge in [-0.3, -0.25) is 9.48 Å². The number of hydrogen-bond donors (Lipinski definition) is 3. The van der Waals surface area contributed by atoms with Crippen LogP contribution in [0.25, 0.3) is 0 Å². The highest BCUT2D eigenvalue weighted by molar-refractivity contribution is 5.93. The molecule has 7 heteroatoms. The molecule has 3 aromatic rings. The maximum Gasteiger partial charge on any atom is 0.272 e. The van der Waals surface area contributed by atoms with E-state index < -0.39 is 17.8 Å². The van der Waals surface area contributed by atoms with E-state index in [0.717, 1.165) is 24.5 Å². The Morgan fingerprint density at radius 3 is 2.68 bits per heavy atom. The SMILES string of the molecule is Cc1ccc(C(NC(=O)c2cc(C#CCO)n(C3CC3)n2)c2cc(F)ccc2O)cc1. The van der Waals surface area contributed by atoms with Crippen LogP contribution in [0.4, 0.5) is 4.39 Å². The third kappa shape index (κ3) is 4.60. The van der Waals surface area contributed by atoms with Crippen molar-refractivity contribution < 1.29 is 19.4 Å². The van der Waals surface area contributed by atoms with Crippen molar-refractivity contribution >= 4 is 5.91 Å². The Bertz CT molecular complexity index is 1170. The Hall–Kier alpha value is -3.63. The van der Waals surface area contributed by atoms with Crippen LogP contribution in [0.2, 0.25) is 0 Å². The van der Waals surface area contributed by atoms with Crippen molar-refractivity contribution in [3.05, 3.63) is 82.4 Å². The second kappa shape index (κ2) is 8.62. The molecule has 0 radical (unpaired) electrons. The first kappa shape index (κ1) is 20.6. The number of aromatic hydroxyl groups is 1. The number of benzene rings is 2. The summed E-state index contributed by atoms with van der Waals surface area (Å²) >= 11 is 0. The van der Waals surface area contributed by atoms with Crippen molar-refractivity contribution in [2.75, 3.05) is 6.61 Å². The van der Waals surface area contributed by atoms with Gasteiger partial charge in [0.1, 0.15) is 23.9 Å². The van der Waals surface area contributed by atoms with Crippen LogP contribution in [0.1, 0.15) is 57.8 Å². The third-order valence-electron chi connectivity index (χ3n) is 5.14. The fourth-order valence-corrected chi connectivity index (χ4v) is 3.39. The lowest BCUT2D eigenvalue weighted by Gasteiger charge is -2.20. The van der Waals surface area contributed by atoms with Gasteiger partial charge in [0.15, 0.2) is 5.69 Å². The van der Waals surface area contributed by atoms with Gasteiger partial charge in [-0.15, -0.1) is 0 Å². The third-order valence-corrected chi connectivity index (χ3v) is 5.14. The number of hydrogen-bond acceptors (Lipinski definition) is 4. The molecule has 2 aromatic carbocycles. The predicted molar refractivity (Wildman–Crippen MR) is 113 cm³/mol. The van der Waals surface area contributed by atoms with E-state index in [9.17, 15) is 14.3 Å². The average Bonchev–Trinajstić information content (AvgIpc) is 3.52. The molecular weight excluding hydrogens is 397 g/mol. The van der Waals surface area contributed by atoms with Crippen molar-refractivity contribution in [1.29, 1.82) is 0 Å². The van der Waals surface area contributed by atoms with Gasteiger partial charge in [0.25, 0.3) is 5.91 Å². The Balaban J connectivity index is 1.69. The number of amides is 1. The highest BCUT2D eigenvalue weighted by Gasteiger charge is 2.29. The van der Waals surface area contributed by atoms with Crippen LogP contribution in [-0.4, -0.2) is 32.5 Å². The van der Waals surface area contributed by atoms with Gasteiger partial charge in [0, 0.05) is 11.6 Å². The van der Waals surface area contributed by atoms with E-state index in [-0.39, 0.29) is 29.7 Å². The van der Waals surface area contributed by atoms with Crippen molar-refractivity contribution in [2.45, 2.75) is 31.8 Å². The number of phenols is 1. The normalized spacial score (nSPS) is 13.9. The summed E-state index contributed by atoms with van der Waals surface area (Å²) in [7, 11) is 0. The number of phenolic OH excluding ortho intramolecular Hbond substituents is 1. The van der Waals surface area contributed by atoms with E-state index in [2.05, 4.69) is 22.3 Å². The number of aliphatic hydroxyl groups is 1. The molecule has 0 saturated heterocycles. The summed E-state index contributed by atoms with van der Waals surface area (Å²) in [6.07, 6.45) is 1.92. The van der Waals surface area contributed by atoms with Gasteiger partial charge < -0.3 is 15.5 Å². The van der Waals surface area contributed by atoms with E-state index in [1.54, 1.807) is 10.7 Å². The van der Waals surface area contributed by atoms with Crippen molar-refractivity contribution in [1.82, 2.24) is 15.1 Å². The molecule has 0 spiro atoms. The van der Waals surface area contributed by atoms with Gasteiger partial charge in [-0.05, 0) is 49.4 Å². The molecule has 31 heavy (non-hydrogen) atoms. The Morgan fingerprint density at radius 2 is 2.00 bits per heavy atom. The van der Waals surface area contributed by atoms with Crippen molar-refractivity contribution in [2.24, 2.45) is 0 Å². The summed E-state index contributed by atoms with van der Waals surface area (Å²) in [5.74, 6) is 4.31. The molecule has 4 rings (SSSR count). The molecule has 6 nitrogen and oxygen atoms in total. The van der Waals surface area contributed by atoms with Gasteiger partial charge in [-0.2, -0.15) is 5.10 Å². The first-order valence-corrected chi connectivity index (χ1v) is 10.0. The highest BCUT2D eigenvalue weighted by Crippen LogP contribution is 2.35. The van der Waals surface area contributed by atoms with Crippen LogP contribution in [0.3, 0.4) is 0 Å². The van der Waals surface area contributed by atoms with Crippen molar-refractivity contribution in [3.63, 3.8) is 0 Å². The lowest BCUT2D eigenvalue weighted by molar-refractivity contribution is 0.0936. The lowest BCUT2D eigenvalue weighted by atomic mass is 9.96. The molecule has 1 heterocycles. The molecule has 0 aliphatic heterocycles. The second-order valence-corrected chi connectivity index (χ2v) is 7.57. The molecule has 1 atom stereocenters. The zero-order valence-corrected chi connectivity index (χ0v) is 17.0. The summed E-state index contributed by atoms with van der Waals surface area (Å²) in [6, 6.07) is 12.1. The predicted octanol–water partition coefficient (Wildman–Crippen LogP) is 3.23. The van der Waals surface area contributed by atoms with E-state index >= 15 is 0 Å². The molecule has 3 N–H and O–H groups in total. The van der Waals surface area contributed by atoms with Gasteiger partial charge in [0.2, 0.25) is 0 Å². The fourth-order valence-electron chi connectivity index (χ4n) is 3.39. The first-order valence-electron chi connectivity index (χ1n) is 10.0. The zero-order chi connectivity index (χ0) is 22.0. The number of nitrogens with one attached hydrogen (secondary N) is 1. The largest absolute Gasteiger partial charge is 0.508 e. The molecule has 1 aromatic heterocycles. The number of aliphatic hydroxyl groups excluding tert-OH is 1. The minimum Gasteiger partial charge on any atom is -0.508 e. The molecule has 1 amide bonds. The quantitative estimate of drug-likeness (QED) is 0.554. The first-order chi connectivity index (χ1) is 15.0. The van der Waals surface area contributed by atoms with Crippen LogP contribution >= 0.6 is 0 Å². The zero-order valence-electron chi connectivity index (χ0n) is 17.0. The van der Waals surface area contributed by atoms with Crippen LogP contribution in [-0.2, 0) is 0 Å². The van der Waals surface area contributed by atoms with E-state index in [1.807, 2.05) is 31.2 Å². The second-order valence-electron chi connectivity index (χ2n) is 7.57. The number of aryl methyl sites for hydroxylation is 1. The number of rotatable bonds is 5. The van der Waals surface area contributed by atoms with Gasteiger partial charge >= 0.3 is 0 Å². The number of aromatic nitrogens is 2. The van der Waals surface area contributed by atoms with Gasteiger partial charge in [-0.1, -0.05) is 35.7 Å². The number of nitrogens with zero attached hydrogens (tertiary/aromatic N) is 2. The fraction of sp³-hybridized carbons (Fsp3) is 0.250. The topological polar surface area (TPSA) is 87.4 Å². The summed E-state index contributed by atoms with van der Waals surface area (Å²) in [4.78, 5) is 13.1. The van der Waals surface area contributed by atoms with Crippen LogP contribution in [0.5, 0.6) is 5.75 Å². The van der Waals surface area contributed by atoms with Crippen molar-refractivity contribution in [3.8, 4) is 17.6 Å². The molecule has 1 fully saturated rings. The number of carbonyl (C=O) groups excluding carboxylic acids is 1. The van der Waals surface area contributed by atoms with E-state index in [1.165, 1.54) is 12.1 Å². The van der Waals surface area contributed by atoms with Crippen LogP contribution in [0, 0.1) is 24.6 Å². The molecule has 158 valence electrons. The summed E-state index contributed by atoms with van der Waals surface area (Å²) in [6.45, 7) is 1.65. The Morgan fingerprint density at radius 1 is 1.26 bits per heavy atom. The molecular formula is C24H22FN3O3. The minimum atomic E-state index is -0.776. The monoisotopic (exact) mass is 419 g/mol. The van der Waals surface area contributed by atoms with E-state index in [4.69, 9.17) is 5.11 Å². The summed E-state index contributed by atoms with van der Waals surface area (Å²) in [5.41, 5.74) is 2.71. The highest BCUT2D eigenvalue weighted by atomic mass is 19.1. The minimum absolute atomic E-state index is 0.120. The number of carbonyl (C=O) groups is 1. The Labute approximate surface area is 179 Å². The molecule has 1 unspecified atom stereocenters.